The number of nitrogens with one attached hydrogen (secondary N) is 3. The van der Waals surface area contributed by atoms with Crippen LogP contribution in [0, 0.1) is 0 Å². The maximum absolute atomic E-state index is 13.6. The standard InChI is InChI=1S/C29H36N8O6/c1-27(2)11-12-43-21-16(8-6-9-17(21)27)24(39)34-20-14-37-26(31)33-18(22-28(37,29(20,40)41)36-25(30)35-22)13-32-23(38)15-7-4-5-10-19(15)42-3/h4-10,18,20,22,40-41H,11-14H2,1-3H3,(H2,31,33)(H,32,38)(H,34,39)(H3,30,35,36)/t18-,20?,22?,28-/m0/s1. The molecule has 9 N–H and O–H groups in total. The van der Waals surface area contributed by atoms with Crippen LogP contribution in [0.2, 0.25) is 0 Å². The van der Waals surface area contributed by atoms with E-state index in [9.17, 15) is 19.8 Å². The van der Waals surface area contributed by atoms with Crippen LogP contribution in [-0.4, -0.2) is 95.2 Å². The third kappa shape index (κ3) is 4.31. The average Bonchev–Trinajstić information content (AvgIpc) is 3.44. The van der Waals surface area contributed by atoms with Gasteiger partial charge in [-0.25, -0.2) is 9.98 Å². The number of aliphatic imine (C=N–C) groups is 2. The van der Waals surface area contributed by atoms with Gasteiger partial charge in [-0.3, -0.25) is 9.59 Å². The van der Waals surface area contributed by atoms with Crippen molar-refractivity contribution in [3.8, 4) is 11.5 Å². The minimum absolute atomic E-state index is 0.0309. The molecule has 228 valence electrons. The number of fused-ring (bicyclic) bond motifs is 1. The second kappa shape index (κ2) is 10.0. The van der Waals surface area contributed by atoms with Gasteiger partial charge in [0, 0.05) is 18.7 Å². The molecule has 2 aromatic carbocycles. The van der Waals surface area contributed by atoms with E-state index in [0.29, 0.717) is 23.7 Å². The first-order valence-corrected chi connectivity index (χ1v) is 14.1. The minimum atomic E-state index is -2.63. The lowest BCUT2D eigenvalue weighted by Crippen LogP contribution is -2.78. The molecule has 1 fully saturated rings. The highest BCUT2D eigenvalue weighted by Gasteiger charge is 2.73. The highest BCUT2D eigenvalue weighted by Crippen LogP contribution is 2.45. The molecule has 2 unspecified atom stereocenters. The molecule has 4 aliphatic rings. The number of carbonyl (C=O) groups excluding carboxylic acids is 2. The molecule has 4 heterocycles. The number of rotatable bonds is 6. The number of ether oxygens (including phenoxy) is 2. The number of para-hydroxylation sites is 2. The summed E-state index contributed by atoms with van der Waals surface area (Å²) in [5.41, 5.74) is 12.0. The summed E-state index contributed by atoms with van der Waals surface area (Å²) >= 11 is 0. The van der Waals surface area contributed by atoms with E-state index < -0.39 is 41.4 Å². The topological polar surface area (TPSA) is 209 Å². The number of carbonyl (C=O) groups is 2. The third-order valence-electron chi connectivity index (χ3n) is 8.89. The van der Waals surface area contributed by atoms with Gasteiger partial charge in [0.25, 0.3) is 11.8 Å². The number of benzene rings is 2. The van der Waals surface area contributed by atoms with E-state index in [0.717, 1.165) is 12.0 Å². The van der Waals surface area contributed by atoms with E-state index in [1.165, 1.54) is 12.0 Å². The summed E-state index contributed by atoms with van der Waals surface area (Å²) < 4.78 is 11.2. The molecule has 6 rings (SSSR count). The third-order valence-corrected chi connectivity index (χ3v) is 8.89. The lowest BCUT2D eigenvalue weighted by molar-refractivity contribution is -0.230. The van der Waals surface area contributed by atoms with Crippen LogP contribution >= 0.6 is 0 Å². The van der Waals surface area contributed by atoms with Gasteiger partial charge in [0.1, 0.15) is 23.6 Å². The van der Waals surface area contributed by atoms with E-state index >= 15 is 0 Å². The molecule has 4 atom stereocenters. The fourth-order valence-corrected chi connectivity index (χ4v) is 6.56. The van der Waals surface area contributed by atoms with Crippen molar-refractivity contribution in [2.75, 3.05) is 26.8 Å². The van der Waals surface area contributed by atoms with E-state index in [1.807, 2.05) is 6.07 Å². The van der Waals surface area contributed by atoms with Gasteiger partial charge in [0.05, 0.1) is 30.9 Å². The molecule has 0 saturated carbocycles. The van der Waals surface area contributed by atoms with Crippen LogP contribution in [-0.2, 0) is 5.41 Å². The molecule has 4 aliphatic heterocycles. The number of methoxy groups -OCH3 is 1. The summed E-state index contributed by atoms with van der Waals surface area (Å²) in [6.45, 7) is 4.47. The van der Waals surface area contributed by atoms with Crippen molar-refractivity contribution < 1.29 is 29.3 Å². The molecule has 0 aromatic heterocycles. The summed E-state index contributed by atoms with van der Waals surface area (Å²) in [4.78, 5) is 37.0. The number of aliphatic hydroxyl groups is 2. The fourth-order valence-electron chi connectivity index (χ4n) is 6.56. The van der Waals surface area contributed by atoms with Gasteiger partial charge >= 0.3 is 0 Å². The molecule has 2 aromatic rings. The Morgan fingerprint density at radius 2 is 1.86 bits per heavy atom. The lowest BCUT2D eigenvalue weighted by Gasteiger charge is -2.49. The monoisotopic (exact) mass is 592 g/mol. The van der Waals surface area contributed by atoms with Crippen molar-refractivity contribution in [3.63, 3.8) is 0 Å². The van der Waals surface area contributed by atoms with E-state index in [-0.39, 0.29) is 36.0 Å². The quantitative estimate of drug-likeness (QED) is 0.203. The lowest BCUT2D eigenvalue weighted by atomic mass is 9.79. The van der Waals surface area contributed by atoms with Crippen molar-refractivity contribution >= 4 is 23.7 Å². The van der Waals surface area contributed by atoms with E-state index in [4.69, 9.17) is 20.9 Å². The zero-order valence-electron chi connectivity index (χ0n) is 24.1. The second-order valence-electron chi connectivity index (χ2n) is 11.8. The summed E-state index contributed by atoms with van der Waals surface area (Å²) in [7, 11) is 1.47. The van der Waals surface area contributed by atoms with Crippen LogP contribution in [0.4, 0.5) is 0 Å². The van der Waals surface area contributed by atoms with Crippen molar-refractivity contribution in [2.45, 2.75) is 55.3 Å². The van der Waals surface area contributed by atoms with Crippen molar-refractivity contribution in [2.24, 2.45) is 21.5 Å². The van der Waals surface area contributed by atoms with Crippen molar-refractivity contribution in [3.05, 3.63) is 59.2 Å². The zero-order valence-corrected chi connectivity index (χ0v) is 24.1. The first-order chi connectivity index (χ1) is 20.4. The van der Waals surface area contributed by atoms with Gasteiger partial charge in [0.2, 0.25) is 5.79 Å². The molecule has 14 nitrogen and oxygen atoms in total. The molecule has 0 radical (unpaired) electrons. The van der Waals surface area contributed by atoms with E-state index in [2.05, 4.69) is 39.8 Å². The largest absolute Gasteiger partial charge is 0.496 e. The van der Waals surface area contributed by atoms with Crippen LogP contribution in [0.3, 0.4) is 0 Å². The molecule has 0 bridgehead atoms. The van der Waals surface area contributed by atoms with Crippen LogP contribution in [0.25, 0.3) is 0 Å². The maximum atomic E-state index is 13.6. The molecule has 1 saturated heterocycles. The SMILES string of the molecule is COc1ccccc1C(=O)NC[C@@H]1N=C(N)N2CC(NC(=O)c3cccc4c3OCCC4(C)C)C(O)(O)[C@@]23NC(N)=NC13. The Balaban J connectivity index is 1.26. The second-order valence-corrected chi connectivity index (χ2v) is 11.8. The molecular weight excluding hydrogens is 556 g/mol. The fraction of sp³-hybridized carbons (Fsp3) is 0.448. The van der Waals surface area contributed by atoms with Gasteiger partial charge < -0.3 is 52.0 Å². The van der Waals surface area contributed by atoms with Gasteiger partial charge in [-0.1, -0.05) is 38.1 Å². The summed E-state index contributed by atoms with van der Waals surface area (Å²) in [6, 6.07) is 9.06. The summed E-state index contributed by atoms with van der Waals surface area (Å²) in [6.07, 6.45) is 0.801. The maximum Gasteiger partial charge on any atom is 0.255 e. The van der Waals surface area contributed by atoms with Crippen LogP contribution < -0.4 is 36.9 Å². The molecular formula is C29H36N8O6. The molecule has 2 amide bonds. The first kappa shape index (κ1) is 28.6. The van der Waals surface area contributed by atoms with Gasteiger partial charge in [0.15, 0.2) is 17.6 Å². The van der Waals surface area contributed by atoms with Crippen LogP contribution in [0.1, 0.15) is 46.5 Å². The summed E-state index contributed by atoms with van der Waals surface area (Å²) in [5.74, 6) is -2.81. The van der Waals surface area contributed by atoms with Crippen molar-refractivity contribution in [1.29, 1.82) is 0 Å². The predicted octanol–water partition coefficient (Wildman–Crippen LogP) is -1.04. The highest BCUT2D eigenvalue weighted by molar-refractivity contribution is 5.98. The summed E-state index contributed by atoms with van der Waals surface area (Å²) in [5, 5.41) is 32.0. The predicted molar refractivity (Wildman–Crippen MR) is 157 cm³/mol. The van der Waals surface area contributed by atoms with Crippen LogP contribution in [0.15, 0.2) is 52.4 Å². The number of nitrogens with two attached hydrogens (primary N) is 2. The van der Waals surface area contributed by atoms with Gasteiger partial charge in [-0.15, -0.1) is 0 Å². The molecule has 14 heteroatoms. The molecule has 0 aliphatic carbocycles. The smallest absolute Gasteiger partial charge is 0.255 e. The Bertz CT molecular complexity index is 1540. The molecule has 1 spiro atoms. The van der Waals surface area contributed by atoms with Crippen LogP contribution in [0.5, 0.6) is 11.5 Å². The number of guanidine groups is 2. The number of hydrogen-bond acceptors (Lipinski definition) is 12. The van der Waals surface area contributed by atoms with E-state index in [1.54, 1.807) is 36.4 Å². The Morgan fingerprint density at radius 3 is 2.63 bits per heavy atom. The number of amides is 2. The minimum Gasteiger partial charge on any atom is -0.496 e. The Labute approximate surface area is 248 Å². The molecule has 43 heavy (non-hydrogen) atoms. The Kier molecular flexibility index (Phi) is 6.65. The van der Waals surface area contributed by atoms with Gasteiger partial charge in [-0.05, 0) is 30.0 Å². The Morgan fingerprint density at radius 1 is 1.12 bits per heavy atom. The van der Waals surface area contributed by atoms with Crippen molar-refractivity contribution in [1.82, 2.24) is 20.9 Å². The number of nitrogens with zero attached hydrogens (tertiary/aromatic N) is 3. The first-order valence-electron chi connectivity index (χ1n) is 14.1. The van der Waals surface area contributed by atoms with Gasteiger partial charge in [-0.2, -0.15) is 0 Å². The zero-order chi connectivity index (χ0) is 30.7. The average molecular weight is 593 g/mol. The normalized spacial score (nSPS) is 27.7. The Hall–Kier alpha value is -4.56. The highest BCUT2D eigenvalue weighted by atomic mass is 16.5. The number of hydrogen-bond donors (Lipinski definition) is 7.